The number of halogens is 2. The van der Waals surface area contributed by atoms with E-state index in [1.807, 2.05) is 55.5 Å². The fourth-order valence-electron chi connectivity index (χ4n) is 1.84. The Bertz CT molecular complexity index is 732. The molecule has 0 spiro atoms. The Morgan fingerprint density at radius 3 is 2.48 bits per heavy atom. The molecule has 124 valence electrons. The molecule has 0 radical (unpaired) electrons. The van der Waals surface area contributed by atoms with Gasteiger partial charge in [-0.2, -0.15) is 0 Å². The standard InChI is InChI=1S/C16H14N2OS.2ClH.Pd/c1-12(18-19-11-13-7-3-2-4-8-13)16-17-14-9-5-6-10-15(14)20-16;;;/h2-10H,11H2,1H3;2*1H;/q;;;+2/p-2/b18-12+;;;. The number of hydrogen-bond donors (Lipinski definition) is 0. The van der Waals surface area contributed by atoms with Gasteiger partial charge in [-0.1, -0.05) is 47.6 Å². The molecule has 3 rings (SSSR count). The van der Waals surface area contributed by atoms with Gasteiger partial charge in [0, 0.05) is 0 Å². The molecule has 0 unspecified atom stereocenters. The van der Waals surface area contributed by atoms with Gasteiger partial charge in [-0.3, -0.25) is 0 Å². The third-order valence-corrected chi connectivity index (χ3v) is 4.02. The quantitative estimate of drug-likeness (QED) is 0.289. The second kappa shape index (κ2) is 10.0. The van der Waals surface area contributed by atoms with Gasteiger partial charge in [-0.05, 0) is 24.6 Å². The second-order valence-corrected chi connectivity index (χ2v) is 7.86. The molecule has 1 aromatic heterocycles. The molecule has 0 N–H and O–H groups in total. The van der Waals surface area contributed by atoms with Crippen molar-refractivity contribution in [3.8, 4) is 0 Å². The number of hydrogen-bond acceptors (Lipinski definition) is 4. The summed E-state index contributed by atoms with van der Waals surface area (Å²) in [6.07, 6.45) is 0. The number of aromatic nitrogens is 1. The number of oxime groups is 1. The molecule has 3 aromatic rings. The van der Waals surface area contributed by atoms with E-state index >= 15 is 0 Å². The number of para-hydroxylation sites is 1. The second-order valence-electron chi connectivity index (χ2n) is 4.47. The Morgan fingerprint density at radius 2 is 1.78 bits per heavy atom. The molecule has 0 saturated carbocycles. The molecule has 0 atom stereocenters. The van der Waals surface area contributed by atoms with Crippen LogP contribution < -0.4 is 0 Å². The van der Waals surface area contributed by atoms with Crippen molar-refractivity contribution < 1.29 is 20.8 Å². The Kier molecular flexibility index (Phi) is 8.01. The first-order valence-electron chi connectivity index (χ1n) is 6.63. The van der Waals surface area contributed by atoms with Crippen molar-refractivity contribution in [2.75, 3.05) is 0 Å². The van der Waals surface area contributed by atoms with E-state index in [2.05, 4.69) is 16.2 Å². The summed E-state index contributed by atoms with van der Waals surface area (Å²) in [5, 5.41) is 5.05. The molecule has 23 heavy (non-hydrogen) atoms. The molecule has 0 aliphatic heterocycles. The van der Waals surface area contributed by atoms with Gasteiger partial charge >= 0.3 is 35.0 Å². The van der Waals surface area contributed by atoms with Crippen molar-refractivity contribution in [1.29, 1.82) is 0 Å². The molecule has 0 fully saturated rings. The fraction of sp³-hybridized carbons (Fsp3) is 0.125. The third kappa shape index (κ3) is 5.87. The molecule has 0 bridgehead atoms. The van der Waals surface area contributed by atoms with Gasteiger partial charge in [0.2, 0.25) is 0 Å². The molecule has 1 heterocycles. The van der Waals surface area contributed by atoms with Gasteiger partial charge in [-0.15, -0.1) is 11.3 Å². The topological polar surface area (TPSA) is 34.5 Å². The Labute approximate surface area is 155 Å². The van der Waals surface area contributed by atoms with Crippen molar-refractivity contribution in [2.45, 2.75) is 13.5 Å². The maximum atomic E-state index is 5.39. The average molecular weight is 460 g/mol. The van der Waals surface area contributed by atoms with E-state index in [-0.39, 0.29) is 15.9 Å². The van der Waals surface area contributed by atoms with Gasteiger partial charge < -0.3 is 4.84 Å². The van der Waals surface area contributed by atoms with Crippen molar-refractivity contribution in [2.24, 2.45) is 5.16 Å². The van der Waals surface area contributed by atoms with Crippen LogP contribution in [0.25, 0.3) is 10.2 Å². The number of fused-ring (bicyclic) bond motifs is 1. The summed E-state index contributed by atoms with van der Waals surface area (Å²) in [6.45, 7) is 2.39. The molecule has 2 aromatic carbocycles. The van der Waals surface area contributed by atoms with Gasteiger partial charge in [-0.25, -0.2) is 4.98 Å². The summed E-state index contributed by atoms with van der Waals surface area (Å²) < 4.78 is 1.17. The zero-order valence-corrected chi connectivity index (χ0v) is 16.1. The molecule has 7 heteroatoms. The first kappa shape index (κ1) is 18.4. The van der Waals surface area contributed by atoms with Crippen LogP contribution in [0.1, 0.15) is 17.5 Å². The molecule has 0 amide bonds. The summed E-state index contributed by atoms with van der Waals surface area (Å²) >= 11 is 1.52. The van der Waals surface area contributed by atoms with Crippen LogP contribution in [-0.4, -0.2) is 10.7 Å². The Balaban J connectivity index is 0.000000595. The summed E-state index contributed by atoms with van der Waals surface area (Å²) in [5.41, 5.74) is 2.92. The van der Waals surface area contributed by atoms with Crippen LogP contribution in [0.4, 0.5) is 0 Å². The van der Waals surface area contributed by atoms with Gasteiger partial charge in [0.25, 0.3) is 0 Å². The summed E-state index contributed by atoms with van der Waals surface area (Å²) in [4.78, 5) is 9.93. The number of rotatable bonds is 4. The van der Waals surface area contributed by atoms with E-state index in [1.165, 1.54) is 4.70 Å². The Hall–Kier alpha value is -0.958. The molecule has 0 aliphatic carbocycles. The third-order valence-electron chi connectivity index (χ3n) is 2.88. The van der Waals surface area contributed by atoms with Crippen LogP contribution in [0.5, 0.6) is 0 Å². The van der Waals surface area contributed by atoms with E-state index in [1.54, 1.807) is 11.3 Å². The number of thiazole rings is 1. The average Bonchev–Trinajstić information content (AvgIpc) is 3.01. The zero-order valence-electron chi connectivity index (χ0n) is 12.2. The zero-order chi connectivity index (χ0) is 16.5. The normalized spacial score (nSPS) is 11.2. The number of nitrogens with zero attached hydrogens (tertiary/aromatic N) is 2. The summed E-state index contributed by atoms with van der Waals surface area (Å²) in [6, 6.07) is 18.1. The van der Waals surface area contributed by atoms with E-state index in [0.717, 1.165) is 21.8 Å². The first-order chi connectivity index (χ1) is 11.2. The van der Waals surface area contributed by atoms with E-state index in [4.69, 9.17) is 23.9 Å². The van der Waals surface area contributed by atoms with Gasteiger partial charge in [0.05, 0.1) is 10.2 Å². The molecular formula is C16H14Cl2N2OPdS. The monoisotopic (exact) mass is 458 g/mol. The van der Waals surface area contributed by atoms with E-state index < -0.39 is 0 Å². The summed E-state index contributed by atoms with van der Waals surface area (Å²) in [7, 11) is 9.63. The number of benzene rings is 2. The van der Waals surface area contributed by atoms with E-state index in [9.17, 15) is 0 Å². The first-order valence-corrected chi connectivity index (χ1v) is 11.5. The van der Waals surface area contributed by atoms with Gasteiger partial charge in [0.15, 0.2) is 0 Å². The van der Waals surface area contributed by atoms with Crippen LogP contribution in [-0.2, 0) is 27.4 Å². The van der Waals surface area contributed by atoms with Crippen molar-refractivity contribution >= 4 is 46.3 Å². The maximum absolute atomic E-state index is 5.39. The fourth-order valence-corrected chi connectivity index (χ4v) is 2.75. The Morgan fingerprint density at radius 1 is 1.13 bits per heavy atom. The predicted molar refractivity (Wildman–Crippen MR) is 94.8 cm³/mol. The van der Waals surface area contributed by atoms with Crippen molar-refractivity contribution in [3.05, 3.63) is 65.2 Å². The van der Waals surface area contributed by atoms with Crippen LogP contribution in [0, 0.1) is 0 Å². The van der Waals surface area contributed by atoms with Crippen LogP contribution in [0.2, 0.25) is 0 Å². The predicted octanol–water partition coefficient (Wildman–Crippen LogP) is 5.61. The SMILES string of the molecule is C/C(=N\OCc1ccccc1)c1nc2ccccc2s1.[Cl][Pd][Cl]. The molecule has 0 saturated heterocycles. The van der Waals surface area contributed by atoms with Crippen molar-refractivity contribution in [3.63, 3.8) is 0 Å². The minimum absolute atomic E-state index is 0.106. The molecule has 3 nitrogen and oxygen atoms in total. The van der Waals surface area contributed by atoms with Crippen LogP contribution >= 0.6 is 30.4 Å². The van der Waals surface area contributed by atoms with Gasteiger partial charge in [0.1, 0.15) is 17.3 Å². The minimum atomic E-state index is -0.106. The summed E-state index contributed by atoms with van der Waals surface area (Å²) in [5.74, 6) is 0. The van der Waals surface area contributed by atoms with Crippen LogP contribution in [0.3, 0.4) is 0 Å². The van der Waals surface area contributed by atoms with Crippen molar-refractivity contribution in [1.82, 2.24) is 4.98 Å². The molecule has 0 aliphatic rings. The van der Waals surface area contributed by atoms with Crippen LogP contribution in [0.15, 0.2) is 59.8 Å². The van der Waals surface area contributed by atoms with E-state index in [0.29, 0.717) is 6.61 Å². The molecular weight excluding hydrogens is 446 g/mol.